The van der Waals surface area contributed by atoms with Crippen LogP contribution in [-0.2, 0) is 9.53 Å². The molecule has 0 aliphatic carbocycles. The van der Waals surface area contributed by atoms with Gasteiger partial charge in [0.15, 0.2) is 0 Å². The van der Waals surface area contributed by atoms with Gasteiger partial charge in [0.2, 0.25) is 0 Å². The Bertz CT molecular complexity index is 845. The lowest BCUT2D eigenvalue weighted by atomic mass is 9.99. The Morgan fingerprint density at radius 1 is 1.07 bits per heavy atom. The van der Waals surface area contributed by atoms with Crippen LogP contribution in [0.4, 0.5) is 0 Å². The molecule has 0 spiro atoms. The summed E-state index contributed by atoms with van der Waals surface area (Å²) in [6.07, 6.45) is 3.49. The predicted octanol–water partition coefficient (Wildman–Crippen LogP) is 1.54. The second-order valence-corrected chi connectivity index (χ2v) is 7.46. The lowest BCUT2D eigenvalue weighted by Gasteiger charge is -2.33. The minimum atomic E-state index is -1.02. The van der Waals surface area contributed by atoms with E-state index in [-0.39, 0.29) is 35.2 Å². The number of nitrogens with zero attached hydrogens (tertiary/aromatic N) is 2. The van der Waals surface area contributed by atoms with E-state index in [1.165, 1.54) is 28.0 Å². The zero-order chi connectivity index (χ0) is 19.8. The number of aliphatic carboxylic acids is 1. The number of carbonyl (C=O) groups excluding carboxylic acids is 3. The number of benzene rings is 1. The van der Waals surface area contributed by atoms with E-state index < -0.39 is 23.8 Å². The topological polar surface area (TPSA) is 104 Å². The highest BCUT2D eigenvalue weighted by molar-refractivity contribution is 6.22. The van der Waals surface area contributed by atoms with Gasteiger partial charge in [0.1, 0.15) is 6.04 Å². The summed E-state index contributed by atoms with van der Waals surface area (Å²) in [5.74, 6) is -2.26. The molecule has 2 fully saturated rings. The molecule has 2 saturated heterocycles. The molecule has 148 valence electrons. The van der Waals surface area contributed by atoms with Crippen molar-refractivity contribution in [1.82, 2.24) is 9.80 Å². The van der Waals surface area contributed by atoms with Gasteiger partial charge >= 0.3 is 5.97 Å². The van der Waals surface area contributed by atoms with Crippen molar-refractivity contribution >= 4 is 23.7 Å². The molecule has 1 unspecified atom stereocenters. The molecule has 0 aromatic heterocycles. The van der Waals surface area contributed by atoms with Crippen LogP contribution in [0.3, 0.4) is 0 Å². The lowest BCUT2D eigenvalue weighted by molar-refractivity contribution is -0.143. The third-order valence-corrected chi connectivity index (χ3v) is 5.68. The molecule has 4 rings (SSSR count). The number of imide groups is 1. The summed E-state index contributed by atoms with van der Waals surface area (Å²) in [6.45, 7) is 1.21. The molecule has 1 N–H and O–H groups in total. The van der Waals surface area contributed by atoms with E-state index in [2.05, 4.69) is 0 Å². The highest BCUT2D eigenvalue weighted by Crippen LogP contribution is 2.27. The van der Waals surface area contributed by atoms with Crippen LogP contribution in [0.1, 0.15) is 63.2 Å². The third-order valence-electron chi connectivity index (χ3n) is 5.68. The maximum atomic E-state index is 12.9. The highest BCUT2D eigenvalue weighted by Gasteiger charge is 2.39. The number of likely N-dealkylation sites (tertiary alicyclic amines) is 1. The number of carbonyl (C=O) groups is 4. The quantitative estimate of drug-likeness (QED) is 0.787. The standard InChI is InChI=1S/C20H22N2O6/c23-17(21-8-2-1-5-16(21)20(26)27)12-6-7-14-15(10-12)19(25)22(18(14)24)11-13-4-3-9-28-13/h6-7,10,13,16H,1-5,8-9,11H2,(H,26,27)/t13?,16-/m1/s1. The number of rotatable bonds is 4. The van der Waals surface area contributed by atoms with Crippen molar-refractivity contribution in [1.29, 1.82) is 0 Å². The number of hydrogen-bond donors (Lipinski definition) is 1. The molecule has 3 aliphatic heterocycles. The fraction of sp³-hybridized carbons (Fsp3) is 0.500. The van der Waals surface area contributed by atoms with Gasteiger partial charge in [-0.15, -0.1) is 0 Å². The molecule has 1 aromatic rings. The van der Waals surface area contributed by atoms with Gasteiger partial charge in [-0.05, 0) is 50.3 Å². The van der Waals surface area contributed by atoms with E-state index in [0.29, 0.717) is 19.6 Å². The SMILES string of the molecule is O=C(O)[C@H]1CCCCN1C(=O)c1ccc2c(c1)C(=O)N(CC1CCCO1)C2=O. The van der Waals surface area contributed by atoms with Crippen LogP contribution in [0.15, 0.2) is 18.2 Å². The molecule has 1 aromatic carbocycles. The van der Waals surface area contributed by atoms with Gasteiger partial charge < -0.3 is 14.7 Å². The fourth-order valence-corrected chi connectivity index (χ4v) is 4.18. The van der Waals surface area contributed by atoms with Gasteiger partial charge in [-0.25, -0.2) is 4.79 Å². The lowest BCUT2D eigenvalue weighted by Crippen LogP contribution is -2.48. The third kappa shape index (κ3) is 3.17. The van der Waals surface area contributed by atoms with Crippen LogP contribution in [0.2, 0.25) is 0 Å². The largest absolute Gasteiger partial charge is 0.480 e. The van der Waals surface area contributed by atoms with Crippen molar-refractivity contribution in [2.24, 2.45) is 0 Å². The predicted molar refractivity (Wildman–Crippen MR) is 97.1 cm³/mol. The van der Waals surface area contributed by atoms with Crippen molar-refractivity contribution in [3.05, 3.63) is 34.9 Å². The van der Waals surface area contributed by atoms with E-state index in [1.807, 2.05) is 0 Å². The molecule has 3 amide bonds. The Balaban J connectivity index is 1.57. The average molecular weight is 386 g/mol. The number of fused-ring (bicyclic) bond motifs is 1. The molecule has 0 saturated carbocycles. The van der Waals surface area contributed by atoms with Crippen molar-refractivity contribution in [2.45, 2.75) is 44.2 Å². The van der Waals surface area contributed by atoms with Crippen LogP contribution in [0.5, 0.6) is 0 Å². The molecular weight excluding hydrogens is 364 g/mol. The fourth-order valence-electron chi connectivity index (χ4n) is 4.18. The first-order valence-corrected chi connectivity index (χ1v) is 9.63. The van der Waals surface area contributed by atoms with Crippen LogP contribution in [0.25, 0.3) is 0 Å². The number of carboxylic acid groups (broad SMARTS) is 1. The van der Waals surface area contributed by atoms with E-state index in [9.17, 15) is 24.3 Å². The zero-order valence-corrected chi connectivity index (χ0v) is 15.4. The Labute approximate surface area is 162 Å². The Morgan fingerprint density at radius 2 is 1.86 bits per heavy atom. The molecule has 3 heterocycles. The molecular formula is C20H22N2O6. The second kappa shape index (κ2) is 7.35. The van der Waals surface area contributed by atoms with Crippen LogP contribution in [-0.4, -0.2) is 70.4 Å². The molecule has 0 radical (unpaired) electrons. The molecule has 3 aliphatic rings. The van der Waals surface area contributed by atoms with E-state index in [1.54, 1.807) is 0 Å². The van der Waals surface area contributed by atoms with Gasteiger partial charge in [0.05, 0.1) is 23.8 Å². The first-order valence-electron chi connectivity index (χ1n) is 9.63. The summed E-state index contributed by atoms with van der Waals surface area (Å²) in [6, 6.07) is 3.54. The Morgan fingerprint density at radius 3 is 2.57 bits per heavy atom. The van der Waals surface area contributed by atoms with Crippen molar-refractivity contribution in [2.75, 3.05) is 19.7 Å². The monoisotopic (exact) mass is 386 g/mol. The van der Waals surface area contributed by atoms with Gasteiger partial charge in [-0.3, -0.25) is 19.3 Å². The van der Waals surface area contributed by atoms with E-state index in [4.69, 9.17) is 4.74 Å². The summed E-state index contributed by atoms with van der Waals surface area (Å²) in [4.78, 5) is 52.2. The van der Waals surface area contributed by atoms with Gasteiger partial charge in [0.25, 0.3) is 17.7 Å². The maximum absolute atomic E-state index is 12.9. The normalized spacial score (nSPS) is 24.6. The summed E-state index contributed by atoms with van der Waals surface area (Å²) < 4.78 is 5.52. The zero-order valence-electron chi connectivity index (χ0n) is 15.4. The minimum absolute atomic E-state index is 0.145. The van der Waals surface area contributed by atoms with Crippen molar-refractivity contribution in [3.8, 4) is 0 Å². The van der Waals surface area contributed by atoms with Crippen molar-refractivity contribution in [3.63, 3.8) is 0 Å². The molecule has 8 nitrogen and oxygen atoms in total. The second-order valence-electron chi connectivity index (χ2n) is 7.46. The minimum Gasteiger partial charge on any atom is -0.480 e. The summed E-state index contributed by atoms with van der Waals surface area (Å²) in [5.41, 5.74) is 0.692. The van der Waals surface area contributed by atoms with E-state index in [0.717, 1.165) is 25.7 Å². The summed E-state index contributed by atoms with van der Waals surface area (Å²) in [5, 5.41) is 9.40. The number of ether oxygens (including phenoxy) is 1. The first kappa shape index (κ1) is 18.6. The number of hydrogen-bond acceptors (Lipinski definition) is 5. The first-order chi connectivity index (χ1) is 13.5. The number of piperidine rings is 1. The van der Waals surface area contributed by atoms with Crippen molar-refractivity contribution < 1.29 is 29.0 Å². The summed E-state index contributed by atoms with van der Waals surface area (Å²) >= 11 is 0. The Kier molecular flexibility index (Phi) is 4.89. The molecule has 28 heavy (non-hydrogen) atoms. The average Bonchev–Trinajstić information content (AvgIpc) is 3.30. The molecule has 2 atom stereocenters. The number of carboxylic acids is 1. The van der Waals surface area contributed by atoms with Crippen LogP contribution >= 0.6 is 0 Å². The maximum Gasteiger partial charge on any atom is 0.326 e. The smallest absolute Gasteiger partial charge is 0.326 e. The van der Waals surface area contributed by atoms with Crippen LogP contribution in [0, 0.1) is 0 Å². The van der Waals surface area contributed by atoms with Gasteiger partial charge in [-0.1, -0.05) is 0 Å². The molecule has 8 heteroatoms. The van der Waals surface area contributed by atoms with E-state index >= 15 is 0 Å². The molecule has 0 bridgehead atoms. The van der Waals surface area contributed by atoms with Crippen LogP contribution < -0.4 is 0 Å². The Hall–Kier alpha value is -2.74. The number of amides is 3. The summed E-state index contributed by atoms with van der Waals surface area (Å²) in [7, 11) is 0. The van der Waals surface area contributed by atoms with Gasteiger partial charge in [-0.2, -0.15) is 0 Å². The highest BCUT2D eigenvalue weighted by atomic mass is 16.5. The van der Waals surface area contributed by atoms with Gasteiger partial charge in [0, 0.05) is 18.7 Å².